The zero-order valence-corrected chi connectivity index (χ0v) is 9.54. The first-order chi connectivity index (χ1) is 8.26. The van der Waals surface area contributed by atoms with Crippen LogP contribution < -0.4 is 10.1 Å². The molecule has 0 radical (unpaired) electrons. The average molecular weight is 232 g/mol. The molecule has 0 aliphatic carbocycles. The zero-order valence-electron chi connectivity index (χ0n) is 9.54. The predicted molar refractivity (Wildman–Crippen MR) is 62.7 cm³/mol. The zero-order chi connectivity index (χ0) is 12.3. The van der Waals surface area contributed by atoms with Gasteiger partial charge in [-0.3, -0.25) is 4.79 Å². The van der Waals surface area contributed by atoms with Crippen molar-refractivity contribution in [2.24, 2.45) is 7.05 Å². The molecule has 1 aromatic heterocycles. The van der Waals surface area contributed by atoms with Crippen molar-refractivity contribution in [3.63, 3.8) is 0 Å². The van der Waals surface area contributed by atoms with Crippen molar-refractivity contribution in [3.05, 3.63) is 24.5 Å². The first-order valence-electron chi connectivity index (χ1n) is 4.99. The molecule has 0 bridgehead atoms. The summed E-state index contributed by atoms with van der Waals surface area (Å²) in [5, 5.41) is 10.4. The van der Waals surface area contributed by atoms with E-state index in [1.807, 2.05) is 17.7 Å². The minimum atomic E-state index is 0.581. The van der Waals surface area contributed by atoms with E-state index < -0.39 is 0 Å². The van der Waals surface area contributed by atoms with Crippen LogP contribution in [0.4, 0.5) is 5.69 Å². The summed E-state index contributed by atoms with van der Waals surface area (Å²) in [4.78, 5) is 10.4. The molecule has 1 amide bonds. The first-order valence-corrected chi connectivity index (χ1v) is 4.99. The fraction of sp³-hybridized carbons (Fsp3) is 0.182. The number of amides is 1. The summed E-state index contributed by atoms with van der Waals surface area (Å²) in [7, 11) is 3.41. The molecule has 0 spiro atoms. The molecule has 88 valence electrons. The maximum atomic E-state index is 10.4. The highest BCUT2D eigenvalue weighted by Crippen LogP contribution is 2.29. The van der Waals surface area contributed by atoms with Crippen LogP contribution in [-0.4, -0.2) is 28.3 Å². The van der Waals surface area contributed by atoms with Crippen molar-refractivity contribution in [1.82, 2.24) is 14.8 Å². The minimum Gasteiger partial charge on any atom is -0.495 e. The molecule has 6 heteroatoms. The van der Waals surface area contributed by atoms with Crippen LogP contribution >= 0.6 is 0 Å². The molecular formula is C11H12N4O2. The number of anilines is 1. The Balaban J connectivity index is 2.44. The smallest absolute Gasteiger partial charge is 0.211 e. The van der Waals surface area contributed by atoms with Crippen molar-refractivity contribution < 1.29 is 9.53 Å². The normalized spacial score (nSPS) is 10.0. The van der Waals surface area contributed by atoms with Gasteiger partial charge in [0.05, 0.1) is 12.8 Å². The lowest BCUT2D eigenvalue weighted by Gasteiger charge is -2.09. The van der Waals surface area contributed by atoms with Gasteiger partial charge in [-0.25, -0.2) is 0 Å². The van der Waals surface area contributed by atoms with Crippen LogP contribution in [0.3, 0.4) is 0 Å². The van der Waals surface area contributed by atoms with Gasteiger partial charge >= 0.3 is 0 Å². The molecule has 0 aliphatic heterocycles. The molecule has 0 atom stereocenters. The molecule has 0 fully saturated rings. The number of aromatic nitrogens is 3. The molecule has 6 nitrogen and oxygen atoms in total. The summed E-state index contributed by atoms with van der Waals surface area (Å²) in [5.41, 5.74) is 1.49. The maximum absolute atomic E-state index is 10.4. The highest BCUT2D eigenvalue weighted by Gasteiger charge is 2.08. The second-order valence-electron chi connectivity index (χ2n) is 3.44. The largest absolute Gasteiger partial charge is 0.495 e. The number of carbonyl (C=O) groups is 1. The Morgan fingerprint density at radius 2 is 2.29 bits per heavy atom. The number of benzene rings is 1. The number of aryl methyl sites for hydroxylation is 1. The molecule has 0 saturated carbocycles. The minimum absolute atomic E-state index is 0.581. The SMILES string of the molecule is COc1cc(-c2nncn2C)ccc1NC=O. The van der Waals surface area contributed by atoms with Gasteiger partial charge in [-0.05, 0) is 18.2 Å². The van der Waals surface area contributed by atoms with Crippen molar-refractivity contribution >= 4 is 12.1 Å². The van der Waals surface area contributed by atoms with Crippen molar-refractivity contribution in [2.75, 3.05) is 12.4 Å². The Morgan fingerprint density at radius 1 is 1.47 bits per heavy atom. The number of hydrogen-bond donors (Lipinski definition) is 1. The first kappa shape index (κ1) is 11.1. The summed E-state index contributed by atoms with van der Waals surface area (Å²) < 4.78 is 7.00. The Morgan fingerprint density at radius 3 is 2.88 bits per heavy atom. The summed E-state index contributed by atoms with van der Waals surface area (Å²) >= 11 is 0. The summed E-state index contributed by atoms with van der Waals surface area (Å²) in [6.07, 6.45) is 2.24. The fourth-order valence-corrected chi connectivity index (χ4v) is 1.56. The van der Waals surface area contributed by atoms with E-state index in [4.69, 9.17) is 4.74 Å². The number of carbonyl (C=O) groups excluding carboxylic acids is 1. The number of hydrogen-bond acceptors (Lipinski definition) is 4. The molecule has 0 unspecified atom stereocenters. The van der Waals surface area contributed by atoms with E-state index in [9.17, 15) is 4.79 Å². The van der Waals surface area contributed by atoms with E-state index in [0.717, 1.165) is 11.4 Å². The Labute approximate surface area is 98.2 Å². The second kappa shape index (κ2) is 4.65. The third-order valence-electron chi connectivity index (χ3n) is 2.39. The molecule has 1 heterocycles. The highest BCUT2D eigenvalue weighted by molar-refractivity contribution is 5.77. The van der Waals surface area contributed by atoms with Gasteiger partial charge in [0, 0.05) is 12.6 Å². The number of rotatable bonds is 4. The molecule has 17 heavy (non-hydrogen) atoms. The van der Waals surface area contributed by atoms with Gasteiger partial charge in [-0.2, -0.15) is 0 Å². The Hall–Kier alpha value is -2.37. The topological polar surface area (TPSA) is 69.0 Å². The van der Waals surface area contributed by atoms with Gasteiger partial charge in [0.1, 0.15) is 12.1 Å². The molecule has 2 aromatic rings. The van der Waals surface area contributed by atoms with Gasteiger partial charge in [0.2, 0.25) is 6.41 Å². The molecule has 1 aromatic carbocycles. The van der Waals surface area contributed by atoms with Crippen LogP contribution in [0.15, 0.2) is 24.5 Å². The van der Waals surface area contributed by atoms with Crippen LogP contribution in [0.5, 0.6) is 5.75 Å². The summed E-state index contributed by atoms with van der Waals surface area (Å²) in [6.45, 7) is 0. The van der Waals surface area contributed by atoms with Crippen LogP contribution in [0.25, 0.3) is 11.4 Å². The van der Waals surface area contributed by atoms with E-state index in [1.165, 1.54) is 0 Å². The lowest BCUT2D eigenvalue weighted by atomic mass is 10.1. The molecular weight excluding hydrogens is 220 g/mol. The number of methoxy groups -OCH3 is 1. The fourth-order valence-electron chi connectivity index (χ4n) is 1.56. The lowest BCUT2D eigenvalue weighted by molar-refractivity contribution is -0.105. The van der Waals surface area contributed by atoms with Crippen molar-refractivity contribution in [2.45, 2.75) is 0 Å². The maximum Gasteiger partial charge on any atom is 0.211 e. The predicted octanol–water partition coefficient (Wildman–Crippen LogP) is 1.06. The van der Waals surface area contributed by atoms with E-state index >= 15 is 0 Å². The third kappa shape index (κ3) is 2.10. The molecule has 1 N–H and O–H groups in total. The molecule has 2 rings (SSSR count). The number of nitrogens with one attached hydrogen (secondary N) is 1. The van der Waals surface area contributed by atoms with Crippen molar-refractivity contribution in [3.8, 4) is 17.1 Å². The van der Waals surface area contributed by atoms with Crippen molar-refractivity contribution in [1.29, 1.82) is 0 Å². The van der Waals surface area contributed by atoms with Gasteiger partial charge in [0.15, 0.2) is 5.82 Å². The van der Waals surface area contributed by atoms with E-state index in [1.54, 1.807) is 25.6 Å². The quantitative estimate of drug-likeness (QED) is 0.800. The van der Waals surface area contributed by atoms with Gasteiger partial charge in [-0.15, -0.1) is 10.2 Å². The van der Waals surface area contributed by atoms with E-state index in [-0.39, 0.29) is 0 Å². The molecule has 0 aliphatic rings. The summed E-state index contributed by atoms with van der Waals surface area (Å²) in [5.74, 6) is 1.32. The Kier molecular flexibility index (Phi) is 3.04. The summed E-state index contributed by atoms with van der Waals surface area (Å²) in [6, 6.07) is 5.41. The number of nitrogens with zero attached hydrogens (tertiary/aromatic N) is 3. The van der Waals surface area contributed by atoms with Gasteiger partial charge < -0.3 is 14.6 Å². The van der Waals surface area contributed by atoms with E-state index in [0.29, 0.717) is 17.8 Å². The average Bonchev–Trinajstić information content (AvgIpc) is 2.76. The number of ether oxygens (including phenoxy) is 1. The van der Waals surface area contributed by atoms with Crippen LogP contribution in [0.2, 0.25) is 0 Å². The van der Waals surface area contributed by atoms with Gasteiger partial charge in [0.25, 0.3) is 0 Å². The highest BCUT2D eigenvalue weighted by atomic mass is 16.5. The molecule has 0 saturated heterocycles. The van der Waals surface area contributed by atoms with Crippen LogP contribution in [0.1, 0.15) is 0 Å². The van der Waals surface area contributed by atoms with E-state index in [2.05, 4.69) is 15.5 Å². The third-order valence-corrected chi connectivity index (χ3v) is 2.39. The van der Waals surface area contributed by atoms with Crippen LogP contribution in [0, 0.1) is 0 Å². The lowest BCUT2D eigenvalue weighted by Crippen LogP contribution is -1.98. The van der Waals surface area contributed by atoms with Gasteiger partial charge in [-0.1, -0.05) is 0 Å². The monoisotopic (exact) mass is 232 g/mol. The Bertz CT molecular complexity index is 536. The van der Waals surface area contributed by atoms with Crippen LogP contribution in [-0.2, 0) is 11.8 Å². The second-order valence-corrected chi connectivity index (χ2v) is 3.44. The standard InChI is InChI=1S/C11H12N4O2/c1-15-6-13-14-11(15)8-3-4-9(12-7-16)10(5-8)17-2/h3-7H,1-2H3,(H,12,16).